The number of ether oxygens (including phenoxy) is 1. The normalized spacial score (nSPS) is 21.3. The SMILES string of the molecule is CCN1CCCC1c1ccc(OC)nc1C. The quantitative estimate of drug-likeness (QED) is 0.782. The smallest absolute Gasteiger partial charge is 0.213 e. The zero-order chi connectivity index (χ0) is 11.5. The second kappa shape index (κ2) is 4.83. The molecule has 1 atom stereocenters. The largest absolute Gasteiger partial charge is 0.481 e. The topological polar surface area (TPSA) is 25.4 Å². The van der Waals surface area contributed by atoms with E-state index in [1.807, 2.05) is 6.07 Å². The monoisotopic (exact) mass is 220 g/mol. The maximum Gasteiger partial charge on any atom is 0.213 e. The van der Waals surface area contributed by atoms with Crippen molar-refractivity contribution in [2.24, 2.45) is 0 Å². The molecule has 88 valence electrons. The second-order valence-electron chi connectivity index (χ2n) is 4.31. The van der Waals surface area contributed by atoms with Gasteiger partial charge in [0.05, 0.1) is 7.11 Å². The molecule has 1 fully saturated rings. The van der Waals surface area contributed by atoms with Crippen molar-refractivity contribution in [2.45, 2.75) is 32.7 Å². The Hall–Kier alpha value is -1.09. The number of rotatable bonds is 3. The molecule has 1 aliphatic rings. The van der Waals surface area contributed by atoms with E-state index in [9.17, 15) is 0 Å². The molecular weight excluding hydrogens is 200 g/mol. The molecule has 16 heavy (non-hydrogen) atoms. The van der Waals surface area contributed by atoms with Gasteiger partial charge in [-0.15, -0.1) is 0 Å². The lowest BCUT2D eigenvalue weighted by atomic mass is 10.0. The standard InChI is InChI=1S/C13H20N2O/c1-4-15-9-5-6-12(15)11-7-8-13(16-3)14-10(11)2/h7-8,12H,4-6,9H2,1-3H3. The first-order valence-corrected chi connectivity index (χ1v) is 6.01. The van der Waals surface area contributed by atoms with E-state index in [4.69, 9.17) is 4.74 Å². The first kappa shape index (κ1) is 11.4. The van der Waals surface area contributed by atoms with Crippen LogP contribution in [0.2, 0.25) is 0 Å². The minimum Gasteiger partial charge on any atom is -0.481 e. The van der Waals surface area contributed by atoms with Crippen molar-refractivity contribution in [1.82, 2.24) is 9.88 Å². The summed E-state index contributed by atoms with van der Waals surface area (Å²) in [7, 11) is 1.66. The predicted octanol–water partition coefficient (Wildman–Crippen LogP) is 2.56. The van der Waals surface area contributed by atoms with Gasteiger partial charge in [0.25, 0.3) is 0 Å². The van der Waals surface area contributed by atoms with Crippen LogP contribution < -0.4 is 4.74 Å². The Bertz CT molecular complexity index is 365. The third kappa shape index (κ3) is 2.05. The molecule has 3 nitrogen and oxygen atoms in total. The highest BCUT2D eigenvalue weighted by molar-refractivity contribution is 5.28. The van der Waals surface area contributed by atoms with Gasteiger partial charge in [0, 0.05) is 17.8 Å². The van der Waals surface area contributed by atoms with Gasteiger partial charge in [0.1, 0.15) is 0 Å². The van der Waals surface area contributed by atoms with Crippen molar-refractivity contribution >= 4 is 0 Å². The molecule has 3 heteroatoms. The van der Waals surface area contributed by atoms with E-state index < -0.39 is 0 Å². The van der Waals surface area contributed by atoms with Crippen LogP contribution >= 0.6 is 0 Å². The molecule has 1 aromatic rings. The molecule has 0 saturated carbocycles. The van der Waals surface area contributed by atoms with Crippen LogP contribution in [0.1, 0.15) is 37.1 Å². The van der Waals surface area contributed by atoms with Gasteiger partial charge in [-0.1, -0.05) is 13.0 Å². The number of aromatic nitrogens is 1. The van der Waals surface area contributed by atoms with E-state index in [1.165, 1.54) is 24.9 Å². The van der Waals surface area contributed by atoms with Crippen LogP contribution in [0.5, 0.6) is 5.88 Å². The van der Waals surface area contributed by atoms with E-state index in [-0.39, 0.29) is 0 Å². The molecule has 0 amide bonds. The Morgan fingerprint density at radius 1 is 1.50 bits per heavy atom. The van der Waals surface area contributed by atoms with E-state index in [0.717, 1.165) is 12.2 Å². The zero-order valence-electron chi connectivity index (χ0n) is 10.4. The van der Waals surface area contributed by atoms with Crippen molar-refractivity contribution in [3.8, 4) is 5.88 Å². The summed E-state index contributed by atoms with van der Waals surface area (Å²) in [6.45, 7) is 6.64. The molecule has 0 N–H and O–H groups in total. The van der Waals surface area contributed by atoms with Crippen LogP contribution in [0.4, 0.5) is 0 Å². The maximum atomic E-state index is 5.14. The van der Waals surface area contributed by atoms with Crippen LogP contribution in [-0.4, -0.2) is 30.1 Å². The third-order valence-electron chi connectivity index (χ3n) is 3.44. The molecule has 1 aliphatic heterocycles. The number of hydrogen-bond donors (Lipinski definition) is 0. The summed E-state index contributed by atoms with van der Waals surface area (Å²) in [4.78, 5) is 6.98. The van der Waals surface area contributed by atoms with E-state index in [0.29, 0.717) is 11.9 Å². The predicted molar refractivity (Wildman–Crippen MR) is 64.7 cm³/mol. The van der Waals surface area contributed by atoms with Crippen molar-refractivity contribution < 1.29 is 4.74 Å². The maximum absolute atomic E-state index is 5.14. The van der Waals surface area contributed by atoms with Gasteiger partial charge >= 0.3 is 0 Å². The van der Waals surface area contributed by atoms with Crippen LogP contribution in [0.15, 0.2) is 12.1 Å². The number of nitrogens with zero attached hydrogens (tertiary/aromatic N) is 2. The highest BCUT2D eigenvalue weighted by Crippen LogP contribution is 2.33. The van der Waals surface area contributed by atoms with Crippen molar-refractivity contribution in [1.29, 1.82) is 0 Å². The summed E-state index contributed by atoms with van der Waals surface area (Å²) in [6, 6.07) is 4.69. The van der Waals surface area contributed by atoms with Gasteiger partial charge < -0.3 is 4.74 Å². The Labute approximate surface area is 97.4 Å². The van der Waals surface area contributed by atoms with Crippen molar-refractivity contribution in [3.05, 3.63) is 23.4 Å². The summed E-state index contributed by atoms with van der Waals surface area (Å²) in [6.07, 6.45) is 2.55. The molecule has 0 bridgehead atoms. The van der Waals surface area contributed by atoms with Crippen molar-refractivity contribution in [3.63, 3.8) is 0 Å². The van der Waals surface area contributed by atoms with Gasteiger partial charge in [-0.2, -0.15) is 0 Å². The summed E-state index contributed by atoms with van der Waals surface area (Å²) >= 11 is 0. The second-order valence-corrected chi connectivity index (χ2v) is 4.31. The molecule has 1 aromatic heterocycles. The Morgan fingerprint density at radius 2 is 2.31 bits per heavy atom. The fourth-order valence-corrected chi connectivity index (χ4v) is 2.57. The first-order chi connectivity index (χ1) is 7.76. The Morgan fingerprint density at radius 3 is 2.94 bits per heavy atom. The van der Waals surface area contributed by atoms with Gasteiger partial charge in [-0.05, 0) is 38.4 Å². The van der Waals surface area contributed by atoms with Crippen LogP contribution in [-0.2, 0) is 0 Å². The molecule has 0 aromatic carbocycles. The fraction of sp³-hybridized carbons (Fsp3) is 0.615. The molecule has 0 radical (unpaired) electrons. The van der Waals surface area contributed by atoms with Gasteiger partial charge in [0.2, 0.25) is 5.88 Å². The number of methoxy groups -OCH3 is 1. The van der Waals surface area contributed by atoms with E-state index in [1.54, 1.807) is 7.11 Å². The molecule has 2 heterocycles. The van der Waals surface area contributed by atoms with E-state index >= 15 is 0 Å². The summed E-state index contributed by atoms with van der Waals surface area (Å²) < 4.78 is 5.14. The van der Waals surface area contributed by atoms with Gasteiger partial charge in [-0.3, -0.25) is 4.90 Å². The summed E-state index contributed by atoms with van der Waals surface area (Å²) in [5.74, 6) is 0.710. The highest BCUT2D eigenvalue weighted by Gasteiger charge is 2.26. The Kier molecular flexibility index (Phi) is 3.44. The van der Waals surface area contributed by atoms with Crippen LogP contribution in [0, 0.1) is 6.92 Å². The number of pyridine rings is 1. The lowest BCUT2D eigenvalue weighted by Gasteiger charge is -2.24. The minimum atomic E-state index is 0.559. The Balaban J connectivity index is 2.26. The molecule has 1 saturated heterocycles. The average molecular weight is 220 g/mol. The zero-order valence-corrected chi connectivity index (χ0v) is 10.4. The number of likely N-dealkylation sites (tertiary alicyclic amines) is 1. The van der Waals surface area contributed by atoms with Gasteiger partial charge in [0.15, 0.2) is 0 Å². The molecular formula is C13H20N2O. The summed E-state index contributed by atoms with van der Waals surface area (Å²) in [5, 5.41) is 0. The lowest BCUT2D eigenvalue weighted by molar-refractivity contribution is 0.270. The van der Waals surface area contributed by atoms with Crippen LogP contribution in [0.3, 0.4) is 0 Å². The van der Waals surface area contributed by atoms with Gasteiger partial charge in [-0.25, -0.2) is 4.98 Å². The van der Waals surface area contributed by atoms with E-state index in [2.05, 4.69) is 29.8 Å². The number of aryl methyl sites for hydroxylation is 1. The summed E-state index contributed by atoms with van der Waals surface area (Å²) in [5.41, 5.74) is 2.46. The number of hydrogen-bond acceptors (Lipinski definition) is 3. The molecule has 0 spiro atoms. The van der Waals surface area contributed by atoms with Crippen molar-refractivity contribution in [2.75, 3.05) is 20.2 Å². The molecule has 0 aliphatic carbocycles. The van der Waals surface area contributed by atoms with Crippen LogP contribution in [0.25, 0.3) is 0 Å². The third-order valence-corrected chi connectivity index (χ3v) is 3.44. The lowest BCUT2D eigenvalue weighted by Crippen LogP contribution is -2.23. The minimum absolute atomic E-state index is 0.559. The first-order valence-electron chi connectivity index (χ1n) is 6.01. The highest BCUT2D eigenvalue weighted by atomic mass is 16.5. The average Bonchev–Trinajstić information content (AvgIpc) is 2.76. The molecule has 1 unspecified atom stereocenters. The molecule has 2 rings (SSSR count). The fourth-order valence-electron chi connectivity index (χ4n) is 2.57.